The van der Waals surface area contributed by atoms with Gasteiger partial charge < -0.3 is 5.11 Å². The second kappa shape index (κ2) is 5.13. The molecule has 0 radical (unpaired) electrons. The van der Waals surface area contributed by atoms with Crippen LogP contribution in [0.2, 0.25) is 0 Å². The SMILES string of the molecule is CC1CCC(C(O)c2cnnn2-c2ccccc2)C1. The van der Waals surface area contributed by atoms with Gasteiger partial charge in [0.05, 0.1) is 17.6 Å². The van der Waals surface area contributed by atoms with Gasteiger partial charge in [-0.2, -0.15) is 0 Å². The van der Waals surface area contributed by atoms with Crippen LogP contribution in [0.4, 0.5) is 0 Å². The Morgan fingerprint density at radius 2 is 2.05 bits per heavy atom. The maximum absolute atomic E-state index is 10.6. The van der Waals surface area contributed by atoms with Crippen LogP contribution in [-0.2, 0) is 0 Å². The summed E-state index contributed by atoms with van der Waals surface area (Å²) in [6.45, 7) is 2.25. The van der Waals surface area contributed by atoms with Crippen molar-refractivity contribution in [3.8, 4) is 5.69 Å². The molecule has 19 heavy (non-hydrogen) atoms. The first-order valence-electron chi connectivity index (χ1n) is 6.90. The predicted octanol–water partition coefficient (Wildman–Crippen LogP) is 2.74. The normalized spacial score (nSPS) is 24.5. The van der Waals surface area contributed by atoms with Crippen molar-refractivity contribution in [1.82, 2.24) is 15.0 Å². The topological polar surface area (TPSA) is 50.9 Å². The van der Waals surface area contributed by atoms with E-state index in [9.17, 15) is 5.11 Å². The molecule has 0 saturated heterocycles. The van der Waals surface area contributed by atoms with Crippen LogP contribution in [0.25, 0.3) is 5.69 Å². The molecule has 1 heterocycles. The number of aromatic nitrogens is 3. The number of aliphatic hydroxyl groups is 1. The van der Waals surface area contributed by atoms with Crippen LogP contribution in [0.15, 0.2) is 36.5 Å². The maximum Gasteiger partial charge on any atom is 0.101 e. The first-order chi connectivity index (χ1) is 9.25. The van der Waals surface area contributed by atoms with Gasteiger partial charge in [-0.15, -0.1) is 5.10 Å². The van der Waals surface area contributed by atoms with Gasteiger partial charge in [0.2, 0.25) is 0 Å². The fourth-order valence-electron chi connectivity index (χ4n) is 2.99. The van der Waals surface area contributed by atoms with Crippen molar-refractivity contribution in [3.05, 3.63) is 42.2 Å². The molecule has 0 amide bonds. The Morgan fingerprint density at radius 3 is 2.74 bits per heavy atom. The van der Waals surface area contributed by atoms with Gasteiger partial charge in [0.25, 0.3) is 0 Å². The minimum absolute atomic E-state index is 0.330. The largest absolute Gasteiger partial charge is 0.386 e. The maximum atomic E-state index is 10.6. The second-order valence-electron chi connectivity index (χ2n) is 5.53. The van der Waals surface area contributed by atoms with Crippen molar-refractivity contribution < 1.29 is 5.11 Å². The van der Waals surface area contributed by atoms with E-state index in [2.05, 4.69) is 17.2 Å². The molecule has 3 atom stereocenters. The zero-order chi connectivity index (χ0) is 13.2. The Balaban J connectivity index is 1.88. The highest BCUT2D eigenvalue weighted by Gasteiger charge is 2.30. The lowest BCUT2D eigenvalue weighted by molar-refractivity contribution is 0.103. The molecule has 3 rings (SSSR count). The van der Waals surface area contributed by atoms with Crippen LogP contribution in [0.1, 0.15) is 38.0 Å². The molecule has 3 unspecified atom stereocenters. The quantitative estimate of drug-likeness (QED) is 0.919. The summed E-state index contributed by atoms with van der Waals surface area (Å²) in [5, 5.41) is 18.6. The fourth-order valence-corrected chi connectivity index (χ4v) is 2.99. The third-order valence-corrected chi connectivity index (χ3v) is 4.06. The molecule has 1 N–H and O–H groups in total. The average Bonchev–Trinajstić information content (AvgIpc) is 3.07. The van der Waals surface area contributed by atoms with Gasteiger partial charge in [0.15, 0.2) is 0 Å². The van der Waals surface area contributed by atoms with Crippen LogP contribution in [0, 0.1) is 11.8 Å². The van der Waals surface area contributed by atoms with Gasteiger partial charge in [-0.3, -0.25) is 0 Å². The van der Waals surface area contributed by atoms with Gasteiger partial charge in [-0.1, -0.05) is 36.8 Å². The molecule has 4 heteroatoms. The van der Waals surface area contributed by atoms with Crippen LogP contribution in [0.5, 0.6) is 0 Å². The molecule has 1 saturated carbocycles. The summed E-state index contributed by atoms with van der Waals surface area (Å²) in [6, 6.07) is 9.84. The average molecular weight is 257 g/mol. The summed E-state index contributed by atoms with van der Waals surface area (Å²) < 4.78 is 1.74. The molecule has 1 aliphatic carbocycles. The fraction of sp³-hybridized carbons (Fsp3) is 0.467. The van der Waals surface area contributed by atoms with Crippen molar-refractivity contribution in [3.63, 3.8) is 0 Å². The lowest BCUT2D eigenvalue weighted by atomic mass is 9.97. The number of para-hydroxylation sites is 1. The Bertz CT molecular complexity index is 537. The van der Waals surface area contributed by atoms with E-state index in [0.717, 1.165) is 24.2 Å². The van der Waals surface area contributed by atoms with Crippen molar-refractivity contribution in [2.45, 2.75) is 32.3 Å². The summed E-state index contributed by atoms with van der Waals surface area (Å²) in [4.78, 5) is 0. The molecule has 2 aromatic rings. The molecular weight excluding hydrogens is 238 g/mol. The van der Waals surface area contributed by atoms with Crippen LogP contribution in [0.3, 0.4) is 0 Å². The van der Waals surface area contributed by atoms with E-state index < -0.39 is 6.10 Å². The monoisotopic (exact) mass is 257 g/mol. The molecule has 1 aromatic heterocycles. The first kappa shape index (κ1) is 12.4. The minimum atomic E-state index is -0.472. The number of rotatable bonds is 3. The highest BCUT2D eigenvalue weighted by Crippen LogP contribution is 2.38. The molecular formula is C15H19N3O. The van der Waals surface area contributed by atoms with Crippen LogP contribution < -0.4 is 0 Å². The summed E-state index contributed by atoms with van der Waals surface area (Å²) in [6.07, 6.45) is 4.58. The number of aliphatic hydroxyl groups excluding tert-OH is 1. The molecule has 0 aliphatic heterocycles. The van der Waals surface area contributed by atoms with Gasteiger partial charge in [-0.25, -0.2) is 4.68 Å². The van der Waals surface area contributed by atoms with Crippen molar-refractivity contribution in [1.29, 1.82) is 0 Å². The molecule has 100 valence electrons. The van der Waals surface area contributed by atoms with E-state index in [0.29, 0.717) is 11.8 Å². The van der Waals surface area contributed by atoms with E-state index in [1.54, 1.807) is 10.9 Å². The van der Waals surface area contributed by atoms with Crippen molar-refractivity contribution >= 4 is 0 Å². The smallest absolute Gasteiger partial charge is 0.101 e. The summed E-state index contributed by atoms with van der Waals surface area (Å²) >= 11 is 0. The lowest BCUT2D eigenvalue weighted by Crippen LogP contribution is -2.14. The molecule has 0 spiro atoms. The van der Waals surface area contributed by atoms with E-state index in [1.807, 2.05) is 30.3 Å². The number of nitrogens with zero attached hydrogens (tertiary/aromatic N) is 3. The van der Waals surface area contributed by atoms with Gasteiger partial charge in [-0.05, 0) is 36.8 Å². The van der Waals surface area contributed by atoms with Gasteiger partial charge >= 0.3 is 0 Å². The molecule has 1 fully saturated rings. The van der Waals surface area contributed by atoms with Crippen molar-refractivity contribution in [2.75, 3.05) is 0 Å². The first-order valence-corrected chi connectivity index (χ1v) is 6.90. The van der Waals surface area contributed by atoms with Crippen molar-refractivity contribution in [2.24, 2.45) is 11.8 Å². The number of hydrogen-bond acceptors (Lipinski definition) is 3. The summed E-state index contributed by atoms with van der Waals surface area (Å²) in [5.74, 6) is 1.04. The standard InChI is InChI=1S/C15H19N3O/c1-11-7-8-12(9-11)15(19)14-10-16-17-18(14)13-5-3-2-4-6-13/h2-6,10-12,15,19H,7-9H2,1H3. The predicted molar refractivity (Wildman–Crippen MR) is 72.8 cm³/mol. The Hall–Kier alpha value is -1.68. The van der Waals surface area contributed by atoms with Crippen LogP contribution >= 0.6 is 0 Å². The summed E-state index contributed by atoms with van der Waals surface area (Å²) in [5.41, 5.74) is 1.74. The number of benzene rings is 1. The van der Waals surface area contributed by atoms with E-state index >= 15 is 0 Å². The second-order valence-corrected chi connectivity index (χ2v) is 5.53. The molecule has 1 aromatic carbocycles. The van der Waals surface area contributed by atoms with E-state index in [4.69, 9.17) is 0 Å². The molecule has 0 bridgehead atoms. The summed E-state index contributed by atoms with van der Waals surface area (Å²) in [7, 11) is 0. The third-order valence-electron chi connectivity index (χ3n) is 4.06. The molecule has 4 nitrogen and oxygen atoms in total. The van der Waals surface area contributed by atoms with E-state index in [-0.39, 0.29) is 0 Å². The highest BCUT2D eigenvalue weighted by molar-refractivity contribution is 5.32. The van der Waals surface area contributed by atoms with E-state index in [1.165, 1.54) is 6.42 Å². The Morgan fingerprint density at radius 1 is 1.26 bits per heavy atom. The van der Waals surface area contributed by atoms with Crippen LogP contribution in [-0.4, -0.2) is 20.1 Å². The van der Waals surface area contributed by atoms with Gasteiger partial charge in [0, 0.05) is 0 Å². The third kappa shape index (κ3) is 2.40. The number of hydrogen-bond donors (Lipinski definition) is 1. The molecule has 1 aliphatic rings. The zero-order valence-corrected chi connectivity index (χ0v) is 11.1. The minimum Gasteiger partial charge on any atom is -0.386 e. The lowest BCUT2D eigenvalue weighted by Gasteiger charge is -2.18. The zero-order valence-electron chi connectivity index (χ0n) is 11.1. The Labute approximate surface area is 113 Å². The van der Waals surface area contributed by atoms with Gasteiger partial charge in [0.1, 0.15) is 6.10 Å². The highest BCUT2D eigenvalue weighted by atomic mass is 16.3. The Kier molecular flexibility index (Phi) is 3.34.